The summed E-state index contributed by atoms with van der Waals surface area (Å²) < 4.78 is 52.0. The number of halogens is 4. The topological polar surface area (TPSA) is 99.4 Å². The lowest BCUT2D eigenvalue weighted by atomic mass is 10.0. The molecule has 1 N–H and O–H groups in total. The summed E-state index contributed by atoms with van der Waals surface area (Å²) in [6, 6.07) is 5.34. The van der Waals surface area contributed by atoms with E-state index in [4.69, 9.17) is 9.47 Å². The Balaban J connectivity index is 1.72. The van der Waals surface area contributed by atoms with Crippen molar-refractivity contribution < 1.29 is 27.6 Å². The maximum atomic E-state index is 13.3. The number of nitro benzene ring substituents is 1. The van der Waals surface area contributed by atoms with Gasteiger partial charge in [0.15, 0.2) is 0 Å². The number of alkyl halides is 3. The molecule has 0 amide bonds. The highest BCUT2D eigenvalue weighted by molar-refractivity contribution is 9.10. The second kappa shape index (κ2) is 9.34. The van der Waals surface area contributed by atoms with E-state index in [1.54, 1.807) is 26.0 Å². The SMILES string of the molecule is Cc1nc(N[C@H](C)c2cc([N+](=O)[O-])cc(C(F)(F)F)c2)c2cc(O[C@H]3CCOC3)c(Br)cc2n1. The number of ether oxygens (including phenoxy) is 2. The lowest BCUT2D eigenvalue weighted by Crippen LogP contribution is -2.16. The van der Waals surface area contributed by atoms with Gasteiger partial charge in [-0.05, 0) is 53.5 Å². The number of aryl methyl sites for hydroxylation is 1. The van der Waals surface area contributed by atoms with Crippen LogP contribution in [0.5, 0.6) is 5.75 Å². The standard InChI is InChI=1S/C22H20BrF3N4O4/c1-11(13-5-14(22(24,25)26)7-15(6-13)30(31)32)27-21-17-8-20(34-16-3-4-33-10-16)18(23)9-19(17)28-12(2)29-21/h5-9,11,16H,3-4,10H2,1-2H3,(H,27,28,29)/t11-,16+/m1/s1. The Kier molecular flexibility index (Phi) is 6.63. The van der Waals surface area contributed by atoms with Crippen LogP contribution in [-0.4, -0.2) is 34.2 Å². The Bertz CT molecular complexity index is 1250. The van der Waals surface area contributed by atoms with Gasteiger partial charge < -0.3 is 14.8 Å². The highest BCUT2D eigenvalue weighted by Gasteiger charge is 2.33. The van der Waals surface area contributed by atoms with Crippen LogP contribution in [0.4, 0.5) is 24.7 Å². The normalized spacial score (nSPS) is 17.1. The summed E-state index contributed by atoms with van der Waals surface area (Å²) in [7, 11) is 0. The molecule has 1 aliphatic heterocycles. The molecule has 0 radical (unpaired) electrons. The molecule has 0 saturated carbocycles. The molecule has 1 aliphatic rings. The predicted molar refractivity (Wildman–Crippen MR) is 122 cm³/mol. The molecule has 1 aromatic heterocycles. The third kappa shape index (κ3) is 5.22. The van der Waals surface area contributed by atoms with E-state index in [1.807, 2.05) is 0 Å². The first-order chi connectivity index (χ1) is 16.0. The number of benzene rings is 2. The van der Waals surface area contributed by atoms with Crippen molar-refractivity contribution in [2.45, 2.75) is 38.6 Å². The first-order valence-corrected chi connectivity index (χ1v) is 11.2. The number of nitrogens with zero attached hydrogens (tertiary/aromatic N) is 3. The van der Waals surface area contributed by atoms with Crippen LogP contribution in [0, 0.1) is 17.0 Å². The van der Waals surface area contributed by atoms with Crippen LogP contribution >= 0.6 is 15.9 Å². The Labute approximate surface area is 200 Å². The van der Waals surface area contributed by atoms with Gasteiger partial charge in [0.05, 0.1) is 39.7 Å². The number of fused-ring (bicyclic) bond motifs is 1. The van der Waals surface area contributed by atoms with Crippen molar-refractivity contribution in [1.82, 2.24) is 9.97 Å². The zero-order chi connectivity index (χ0) is 24.6. The van der Waals surface area contributed by atoms with E-state index >= 15 is 0 Å². The van der Waals surface area contributed by atoms with Crippen LogP contribution in [0.1, 0.15) is 36.3 Å². The quantitative estimate of drug-likeness (QED) is 0.303. The molecule has 8 nitrogen and oxygen atoms in total. The molecule has 4 rings (SSSR count). The minimum absolute atomic E-state index is 0.0962. The van der Waals surface area contributed by atoms with Gasteiger partial charge in [-0.3, -0.25) is 10.1 Å². The fourth-order valence-corrected chi connectivity index (χ4v) is 4.10. The second-order valence-electron chi connectivity index (χ2n) is 7.96. The second-order valence-corrected chi connectivity index (χ2v) is 8.81. The van der Waals surface area contributed by atoms with Crippen LogP contribution in [-0.2, 0) is 10.9 Å². The van der Waals surface area contributed by atoms with Crippen LogP contribution in [0.2, 0.25) is 0 Å². The third-order valence-corrected chi connectivity index (χ3v) is 5.99. The summed E-state index contributed by atoms with van der Waals surface area (Å²) in [6.07, 6.45) is -4.06. The zero-order valence-electron chi connectivity index (χ0n) is 18.1. The van der Waals surface area contributed by atoms with Gasteiger partial charge in [-0.1, -0.05) is 0 Å². The number of non-ortho nitro benzene ring substituents is 1. The smallest absolute Gasteiger partial charge is 0.416 e. The van der Waals surface area contributed by atoms with E-state index in [0.717, 1.165) is 18.6 Å². The van der Waals surface area contributed by atoms with Crippen LogP contribution in [0.25, 0.3) is 10.9 Å². The fourth-order valence-electron chi connectivity index (χ4n) is 3.67. The lowest BCUT2D eigenvalue weighted by Gasteiger charge is -2.19. The van der Waals surface area contributed by atoms with E-state index in [-0.39, 0.29) is 11.7 Å². The average molecular weight is 541 g/mol. The van der Waals surface area contributed by atoms with Gasteiger partial charge in [0, 0.05) is 23.9 Å². The molecule has 3 aromatic rings. The highest BCUT2D eigenvalue weighted by atomic mass is 79.9. The molecule has 34 heavy (non-hydrogen) atoms. The Morgan fingerprint density at radius 3 is 2.68 bits per heavy atom. The Morgan fingerprint density at radius 2 is 2.03 bits per heavy atom. The van der Waals surface area contributed by atoms with Crippen molar-refractivity contribution in [3.05, 3.63) is 61.9 Å². The number of anilines is 1. The van der Waals surface area contributed by atoms with Crippen LogP contribution in [0.3, 0.4) is 0 Å². The maximum Gasteiger partial charge on any atom is 0.416 e. The van der Waals surface area contributed by atoms with E-state index in [1.165, 1.54) is 0 Å². The molecule has 180 valence electrons. The summed E-state index contributed by atoms with van der Waals surface area (Å²) >= 11 is 3.49. The summed E-state index contributed by atoms with van der Waals surface area (Å²) in [5.41, 5.74) is -1.03. The monoisotopic (exact) mass is 540 g/mol. The fraction of sp³-hybridized carbons (Fsp3) is 0.364. The molecule has 2 atom stereocenters. The molecular formula is C22H20BrF3N4O4. The number of nitrogens with one attached hydrogen (secondary N) is 1. The third-order valence-electron chi connectivity index (χ3n) is 5.37. The first-order valence-electron chi connectivity index (χ1n) is 10.4. The minimum atomic E-state index is -4.72. The van der Waals surface area contributed by atoms with Crippen molar-refractivity contribution in [2.24, 2.45) is 0 Å². The Hall–Kier alpha value is -2.99. The first kappa shape index (κ1) is 24.1. The number of aromatic nitrogens is 2. The molecular weight excluding hydrogens is 521 g/mol. The number of hydrogen-bond acceptors (Lipinski definition) is 7. The van der Waals surface area contributed by atoms with E-state index in [0.29, 0.717) is 52.0 Å². The van der Waals surface area contributed by atoms with E-state index in [2.05, 4.69) is 31.2 Å². The summed E-state index contributed by atoms with van der Waals surface area (Å²) in [4.78, 5) is 19.2. The lowest BCUT2D eigenvalue weighted by molar-refractivity contribution is -0.385. The van der Waals surface area contributed by atoms with Crippen molar-refractivity contribution in [2.75, 3.05) is 18.5 Å². The van der Waals surface area contributed by atoms with Crippen molar-refractivity contribution in [3.8, 4) is 5.75 Å². The van der Waals surface area contributed by atoms with Crippen LogP contribution in [0.15, 0.2) is 34.8 Å². The predicted octanol–water partition coefficient (Wildman–Crippen LogP) is 5.97. The van der Waals surface area contributed by atoms with Gasteiger partial charge in [-0.15, -0.1) is 0 Å². The molecule has 1 fully saturated rings. The summed E-state index contributed by atoms with van der Waals surface area (Å²) in [6.45, 7) is 4.39. The molecule has 2 heterocycles. The van der Waals surface area contributed by atoms with Crippen molar-refractivity contribution in [3.63, 3.8) is 0 Å². The number of hydrogen-bond donors (Lipinski definition) is 1. The van der Waals surface area contributed by atoms with E-state index in [9.17, 15) is 23.3 Å². The van der Waals surface area contributed by atoms with Crippen molar-refractivity contribution in [1.29, 1.82) is 0 Å². The molecule has 12 heteroatoms. The van der Waals surface area contributed by atoms with Gasteiger partial charge in [-0.25, -0.2) is 9.97 Å². The highest BCUT2D eigenvalue weighted by Crippen LogP contribution is 2.37. The van der Waals surface area contributed by atoms with Gasteiger partial charge in [0.1, 0.15) is 23.5 Å². The van der Waals surface area contributed by atoms with Gasteiger partial charge in [0.2, 0.25) is 0 Å². The maximum absolute atomic E-state index is 13.3. The average Bonchev–Trinajstić information content (AvgIpc) is 3.26. The van der Waals surface area contributed by atoms with E-state index < -0.39 is 28.4 Å². The molecule has 0 spiro atoms. The molecule has 1 saturated heterocycles. The minimum Gasteiger partial charge on any atom is -0.487 e. The Morgan fingerprint density at radius 1 is 1.26 bits per heavy atom. The zero-order valence-corrected chi connectivity index (χ0v) is 19.7. The number of nitro groups is 1. The van der Waals surface area contributed by atoms with Gasteiger partial charge >= 0.3 is 6.18 Å². The molecule has 0 aliphatic carbocycles. The van der Waals surface area contributed by atoms with Crippen LogP contribution < -0.4 is 10.1 Å². The van der Waals surface area contributed by atoms with Crippen molar-refractivity contribution >= 4 is 38.3 Å². The summed E-state index contributed by atoms with van der Waals surface area (Å²) in [5, 5.41) is 14.9. The molecule has 0 unspecified atom stereocenters. The summed E-state index contributed by atoms with van der Waals surface area (Å²) in [5.74, 6) is 1.37. The van der Waals surface area contributed by atoms with Gasteiger partial charge in [0.25, 0.3) is 5.69 Å². The molecule has 0 bridgehead atoms. The van der Waals surface area contributed by atoms with Gasteiger partial charge in [-0.2, -0.15) is 13.2 Å². The number of rotatable bonds is 6. The molecule has 2 aromatic carbocycles. The largest absolute Gasteiger partial charge is 0.487 e.